The van der Waals surface area contributed by atoms with Gasteiger partial charge in [-0.25, -0.2) is 4.39 Å². The Morgan fingerprint density at radius 1 is 1.29 bits per heavy atom. The molecule has 1 N–H and O–H groups in total. The molecule has 1 aliphatic rings. The van der Waals surface area contributed by atoms with E-state index in [0.29, 0.717) is 12.5 Å². The minimum atomic E-state index is -1.22. The van der Waals surface area contributed by atoms with E-state index in [-0.39, 0.29) is 0 Å². The molecule has 0 amide bonds. The SMILES string of the molecule is Cc1ccc(C(C)(F)CC2CCCCN2)cc1. The summed E-state index contributed by atoms with van der Waals surface area (Å²) in [6.07, 6.45) is 4.13. The first-order chi connectivity index (χ1) is 8.08. The maximum Gasteiger partial charge on any atom is 0.134 e. The number of hydrogen-bond acceptors (Lipinski definition) is 1. The summed E-state index contributed by atoms with van der Waals surface area (Å²) < 4.78 is 14.7. The van der Waals surface area contributed by atoms with Gasteiger partial charge in [0, 0.05) is 12.5 Å². The highest BCUT2D eigenvalue weighted by molar-refractivity contribution is 5.26. The second-order valence-electron chi connectivity index (χ2n) is 5.41. The van der Waals surface area contributed by atoms with E-state index in [4.69, 9.17) is 0 Å². The van der Waals surface area contributed by atoms with Gasteiger partial charge >= 0.3 is 0 Å². The summed E-state index contributed by atoms with van der Waals surface area (Å²) in [7, 11) is 0. The number of aryl methyl sites for hydroxylation is 1. The molecule has 0 aromatic heterocycles. The number of piperidine rings is 1. The van der Waals surface area contributed by atoms with Gasteiger partial charge in [0.05, 0.1) is 0 Å². The van der Waals surface area contributed by atoms with Gasteiger partial charge in [-0.3, -0.25) is 0 Å². The summed E-state index contributed by atoms with van der Waals surface area (Å²) in [5, 5.41) is 3.42. The van der Waals surface area contributed by atoms with E-state index in [9.17, 15) is 4.39 Å². The lowest BCUT2D eigenvalue weighted by Crippen LogP contribution is -2.38. The maximum absolute atomic E-state index is 14.7. The van der Waals surface area contributed by atoms with Crippen molar-refractivity contribution in [1.82, 2.24) is 5.32 Å². The molecule has 1 aromatic carbocycles. The van der Waals surface area contributed by atoms with Crippen LogP contribution in [0.3, 0.4) is 0 Å². The second kappa shape index (κ2) is 5.18. The van der Waals surface area contributed by atoms with Crippen molar-refractivity contribution in [3.05, 3.63) is 35.4 Å². The van der Waals surface area contributed by atoms with Crippen LogP contribution in [0.1, 0.15) is 43.7 Å². The van der Waals surface area contributed by atoms with Crippen LogP contribution in [0.5, 0.6) is 0 Å². The van der Waals surface area contributed by atoms with Crippen LogP contribution in [0.4, 0.5) is 4.39 Å². The number of hydrogen-bond donors (Lipinski definition) is 1. The van der Waals surface area contributed by atoms with Gasteiger partial charge in [-0.2, -0.15) is 0 Å². The van der Waals surface area contributed by atoms with Gasteiger partial charge in [-0.05, 0) is 38.8 Å². The van der Waals surface area contributed by atoms with E-state index in [2.05, 4.69) is 5.32 Å². The third kappa shape index (κ3) is 3.29. The van der Waals surface area contributed by atoms with Gasteiger partial charge < -0.3 is 5.32 Å². The van der Waals surface area contributed by atoms with Crippen molar-refractivity contribution in [3.63, 3.8) is 0 Å². The molecule has 0 radical (unpaired) electrons. The Labute approximate surface area is 103 Å². The molecule has 0 bridgehead atoms. The zero-order chi connectivity index (χ0) is 12.3. The summed E-state index contributed by atoms with van der Waals surface area (Å²) in [5.74, 6) is 0. The number of rotatable bonds is 3. The van der Waals surface area contributed by atoms with Gasteiger partial charge in [-0.1, -0.05) is 36.2 Å². The van der Waals surface area contributed by atoms with Crippen molar-refractivity contribution in [2.75, 3.05) is 6.54 Å². The normalized spacial score (nSPS) is 24.3. The molecule has 0 saturated carbocycles. The Balaban J connectivity index is 2.04. The molecule has 2 atom stereocenters. The lowest BCUT2D eigenvalue weighted by molar-refractivity contribution is 0.146. The quantitative estimate of drug-likeness (QED) is 0.842. The lowest BCUT2D eigenvalue weighted by atomic mass is 9.87. The van der Waals surface area contributed by atoms with Crippen LogP contribution in [0.15, 0.2) is 24.3 Å². The molecule has 1 fully saturated rings. The van der Waals surface area contributed by atoms with Crippen LogP contribution in [0, 0.1) is 6.92 Å². The fourth-order valence-electron chi connectivity index (χ4n) is 2.58. The molecule has 0 aliphatic carbocycles. The van der Waals surface area contributed by atoms with Crippen LogP contribution in [0.2, 0.25) is 0 Å². The van der Waals surface area contributed by atoms with Crippen molar-refractivity contribution in [1.29, 1.82) is 0 Å². The molecule has 17 heavy (non-hydrogen) atoms. The third-order valence-corrected chi connectivity index (χ3v) is 3.70. The van der Waals surface area contributed by atoms with E-state index < -0.39 is 5.67 Å². The minimum Gasteiger partial charge on any atom is -0.314 e. The van der Waals surface area contributed by atoms with Crippen LogP contribution >= 0.6 is 0 Å². The number of alkyl halides is 1. The molecule has 1 aromatic rings. The fourth-order valence-corrected chi connectivity index (χ4v) is 2.58. The fraction of sp³-hybridized carbons (Fsp3) is 0.600. The Hall–Kier alpha value is -0.890. The summed E-state index contributed by atoms with van der Waals surface area (Å²) in [4.78, 5) is 0. The summed E-state index contributed by atoms with van der Waals surface area (Å²) in [6, 6.07) is 8.14. The molecule has 1 saturated heterocycles. The van der Waals surface area contributed by atoms with Crippen molar-refractivity contribution in [3.8, 4) is 0 Å². The number of nitrogens with one attached hydrogen (secondary N) is 1. The van der Waals surface area contributed by atoms with E-state index in [1.54, 1.807) is 6.92 Å². The zero-order valence-electron chi connectivity index (χ0n) is 10.8. The molecule has 1 nitrogen and oxygen atoms in total. The number of halogens is 1. The Bertz CT molecular complexity index is 350. The molecule has 2 rings (SSSR count). The van der Waals surface area contributed by atoms with Crippen molar-refractivity contribution >= 4 is 0 Å². The van der Waals surface area contributed by atoms with Gasteiger partial charge in [0.1, 0.15) is 5.67 Å². The molecule has 2 unspecified atom stereocenters. The van der Waals surface area contributed by atoms with Crippen molar-refractivity contribution in [2.45, 2.75) is 51.2 Å². The smallest absolute Gasteiger partial charge is 0.134 e. The first kappa shape index (κ1) is 12.6. The highest BCUT2D eigenvalue weighted by atomic mass is 19.1. The van der Waals surface area contributed by atoms with E-state index in [0.717, 1.165) is 18.5 Å². The highest BCUT2D eigenvalue weighted by Crippen LogP contribution is 2.32. The predicted molar refractivity (Wildman–Crippen MR) is 69.9 cm³/mol. The molecular formula is C15H22FN. The Kier molecular flexibility index (Phi) is 3.82. The average molecular weight is 235 g/mol. The summed E-state index contributed by atoms with van der Waals surface area (Å²) in [5.41, 5.74) is 0.763. The Morgan fingerprint density at radius 2 is 2.00 bits per heavy atom. The van der Waals surface area contributed by atoms with Crippen LogP contribution in [0.25, 0.3) is 0 Å². The second-order valence-corrected chi connectivity index (χ2v) is 5.41. The van der Waals surface area contributed by atoms with Gasteiger partial charge in [-0.15, -0.1) is 0 Å². The maximum atomic E-state index is 14.7. The van der Waals surface area contributed by atoms with Gasteiger partial charge in [0.2, 0.25) is 0 Å². The van der Waals surface area contributed by atoms with Crippen molar-refractivity contribution < 1.29 is 4.39 Å². The lowest BCUT2D eigenvalue weighted by Gasteiger charge is -2.30. The third-order valence-electron chi connectivity index (χ3n) is 3.70. The predicted octanol–water partition coefficient (Wildman–Crippen LogP) is 3.71. The monoisotopic (exact) mass is 235 g/mol. The Morgan fingerprint density at radius 3 is 2.59 bits per heavy atom. The van der Waals surface area contributed by atoms with E-state index in [1.165, 1.54) is 18.4 Å². The molecule has 1 aliphatic heterocycles. The summed E-state index contributed by atoms with van der Waals surface area (Å²) >= 11 is 0. The molecule has 2 heteroatoms. The zero-order valence-corrected chi connectivity index (χ0v) is 10.8. The number of benzene rings is 1. The van der Waals surface area contributed by atoms with Crippen LogP contribution in [-0.4, -0.2) is 12.6 Å². The first-order valence-corrected chi connectivity index (χ1v) is 6.57. The van der Waals surface area contributed by atoms with Gasteiger partial charge in [0.25, 0.3) is 0 Å². The molecule has 0 spiro atoms. The summed E-state index contributed by atoms with van der Waals surface area (Å²) in [6.45, 7) is 4.77. The first-order valence-electron chi connectivity index (χ1n) is 6.57. The van der Waals surface area contributed by atoms with Crippen LogP contribution < -0.4 is 5.32 Å². The molecule has 1 heterocycles. The standard InChI is InChI=1S/C15H22FN/c1-12-6-8-13(9-7-12)15(2,16)11-14-5-3-4-10-17-14/h6-9,14,17H,3-5,10-11H2,1-2H3. The highest BCUT2D eigenvalue weighted by Gasteiger charge is 2.30. The minimum absolute atomic E-state index is 0.333. The van der Waals surface area contributed by atoms with E-state index >= 15 is 0 Å². The van der Waals surface area contributed by atoms with Crippen molar-refractivity contribution in [2.24, 2.45) is 0 Å². The van der Waals surface area contributed by atoms with Crippen LogP contribution in [-0.2, 0) is 5.67 Å². The molecule has 94 valence electrons. The van der Waals surface area contributed by atoms with Gasteiger partial charge in [0.15, 0.2) is 0 Å². The molecular weight excluding hydrogens is 213 g/mol. The largest absolute Gasteiger partial charge is 0.314 e. The average Bonchev–Trinajstić information content (AvgIpc) is 2.30. The topological polar surface area (TPSA) is 12.0 Å². The van der Waals surface area contributed by atoms with E-state index in [1.807, 2.05) is 31.2 Å².